The Hall–Kier alpha value is -0.160. The Labute approximate surface area is 98.8 Å². The first-order valence-electron chi connectivity index (χ1n) is 6.18. The van der Waals surface area contributed by atoms with Gasteiger partial charge in [0, 0.05) is 13.2 Å². The van der Waals surface area contributed by atoms with Crippen LogP contribution in [-0.2, 0) is 14.2 Å². The number of hydrogen-bond donors (Lipinski definition) is 0. The summed E-state index contributed by atoms with van der Waals surface area (Å²) in [4.78, 5) is 2.45. The molecule has 1 rings (SSSR count). The quantitative estimate of drug-likeness (QED) is 0.523. The molecule has 4 nitrogen and oxygen atoms in total. The van der Waals surface area contributed by atoms with Crippen molar-refractivity contribution in [2.24, 2.45) is 0 Å². The van der Waals surface area contributed by atoms with Crippen molar-refractivity contribution in [3.63, 3.8) is 0 Å². The molecule has 1 heterocycles. The molecule has 4 heteroatoms. The van der Waals surface area contributed by atoms with Gasteiger partial charge in [-0.1, -0.05) is 0 Å². The van der Waals surface area contributed by atoms with Gasteiger partial charge in [0.05, 0.1) is 33.0 Å². The molecule has 0 N–H and O–H groups in total. The average Bonchev–Trinajstić information content (AvgIpc) is 2.80. The Kier molecular flexibility index (Phi) is 8.71. The van der Waals surface area contributed by atoms with E-state index in [1.54, 1.807) is 0 Å². The van der Waals surface area contributed by atoms with Crippen LogP contribution >= 0.6 is 0 Å². The minimum Gasteiger partial charge on any atom is -0.379 e. The Morgan fingerprint density at radius 3 is 2.00 bits per heavy atom. The Morgan fingerprint density at radius 2 is 1.38 bits per heavy atom. The minimum absolute atomic E-state index is 0.510. The first kappa shape index (κ1) is 13.9. The molecule has 0 aromatic rings. The molecule has 95 valence electrons. The zero-order valence-electron chi connectivity index (χ0n) is 10.2. The van der Waals surface area contributed by atoms with E-state index >= 15 is 0 Å². The summed E-state index contributed by atoms with van der Waals surface area (Å²) in [6.45, 7) is 11.0. The molecule has 1 aliphatic rings. The van der Waals surface area contributed by atoms with Gasteiger partial charge in [-0.3, -0.25) is 0 Å². The van der Waals surface area contributed by atoms with E-state index < -0.39 is 0 Å². The van der Waals surface area contributed by atoms with Gasteiger partial charge in [0.25, 0.3) is 0 Å². The van der Waals surface area contributed by atoms with E-state index in [1.165, 1.54) is 25.9 Å². The molecule has 16 heavy (non-hydrogen) atoms. The maximum Gasteiger partial charge on any atom is 0.0701 e. The van der Waals surface area contributed by atoms with Crippen molar-refractivity contribution in [1.29, 1.82) is 0 Å². The molecule has 0 unspecified atom stereocenters. The molecule has 1 radical (unpaired) electrons. The van der Waals surface area contributed by atoms with Crippen molar-refractivity contribution in [1.82, 2.24) is 4.90 Å². The molecule has 0 aromatic heterocycles. The molecule has 0 aliphatic carbocycles. The highest BCUT2D eigenvalue weighted by Gasteiger charge is 2.09. The van der Waals surface area contributed by atoms with E-state index in [2.05, 4.69) is 11.8 Å². The molecule has 1 fully saturated rings. The highest BCUT2D eigenvalue weighted by atomic mass is 16.5. The predicted octanol–water partition coefficient (Wildman–Crippen LogP) is 0.966. The second-order valence-electron chi connectivity index (χ2n) is 3.89. The van der Waals surface area contributed by atoms with E-state index in [1.807, 2.05) is 0 Å². The van der Waals surface area contributed by atoms with Crippen molar-refractivity contribution in [3.8, 4) is 0 Å². The second kappa shape index (κ2) is 10.0. The van der Waals surface area contributed by atoms with Gasteiger partial charge in [-0.2, -0.15) is 0 Å². The highest BCUT2D eigenvalue weighted by molar-refractivity contribution is 4.64. The maximum absolute atomic E-state index is 5.48. The topological polar surface area (TPSA) is 30.9 Å². The smallest absolute Gasteiger partial charge is 0.0701 e. The Bertz CT molecular complexity index is 149. The van der Waals surface area contributed by atoms with Gasteiger partial charge in [-0.05, 0) is 32.9 Å². The molecule has 0 aromatic carbocycles. The molecular formula is C12H24NO3. The lowest BCUT2D eigenvalue weighted by Gasteiger charge is -2.14. The third kappa shape index (κ3) is 7.17. The van der Waals surface area contributed by atoms with E-state index in [4.69, 9.17) is 14.2 Å². The van der Waals surface area contributed by atoms with Crippen LogP contribution in [-0.4, -0.2) is 64.2 Å². The first-order chi connectivity index (χ1) is 7.93. The van der Waals surface area contributed by atoms with Crippen LogP contribution in [0.3, 0.4) is 0 Å². The monoisotopic (exact) mass is 230 g/mol. The summed E-state index contributed by atoms with van der Waals surface area (Å²) in [5.74, 6) is 0. The molecule has 0 bridgehead atoms. The lowest BCUT2D eigenvalue weighted by molar-refractivity contribution is 0.0158. The molecular weight excluding hydrogens is 206 g/mol. The first-order valence-corrected chi connectivity index (χ1v) is 6.18. The highest BCUT2D eigenvalue weighted by Crippen LogP contribution is 2.05. The summed E-state index contributed by atoms with van der Waals surface area (Å²) in [6.07, 6.45) is 2.69. The van der Waals surface area contributed by atoms with E-state index in [0.29, 0.717) is 33.0 Å². The normalized spacial score (nSPS) is 17.1. The number of rotatable bonds is 10. The maximum atomic E-state index is 5.48. The fourth-order valence-electron chi connectivity index (χ4n) is 1.74. The molecule has 0 saturated carbocycles. The van der Waals surface area contributed by atoms with Crippen molar-refractivity contribution < 1.29 is 14.2 Å². The fraction of sp³-hybridized carbons (Fsp3) is 0.917. The average molecular weight is 230 g/mol. The third-order valence-electron chi connectivity index (χ3n) is 2.64. The zero-order chi connectivity index (χ0) is 11.5. The van der Waals surface area contributed by atoms with Crippen molar-refractivity contribution >= 4 is 0 Å². The Morgan fingerprint density at radius 1 is 0.812 bits per heavy atom. The molecule has 0 amide bonds. The minimum atomic E-state index is 0.510. The van der Waals surface area contributed by atoms with Crippen LogP contribution in [0.15, 0.2) is 0 Å². The summed E-state index contributed by atoms with van der Waals surface area (Å²) < 4.78 is 15.8. The summed E-state index contributed by atoms with van der Waals surface area (Å²) in [6, 6.07) is 0. The van der Waals surface area contributed by atoms with Gasteiger partial charge < -0.3 is 19.1 Å². The number of ether oxygens (including phenoxy) is 3. The summed E-state index contributed by atoms with van der Waals surface area (Å²) >= 11 is 0. The summed E-state index contributed by atoms with van der Waals surface area (Å²) in [5, 5.41) is 0. The SMILES string of the molecule is [CH2]COCCOCCOCCN1CCCC1. The van der Waals surface area contributed by atoms with Crippen LogP contribution in [0.4, 0.5) is 0 Å². The van der Waals surface area contributed by atoms with Crippen LogP contribution in [0.1, 0.15) is 12.8 Å². The number of likely N-dealkylation sites (tertiary alicyclic amines) is 1. The standard InChI is InChI=1S/C12H24NO3/c1-2-14-9-10-16-12-11-15-8-7-13-5-3-4-6-13/h1-12H2. The van der Waals surface area contributed by atoms with Crippen LogP contribution in [0.25, 0.3) is 0 Å². The zero-order valence-corrected chi connectivity index (χ0v) is 10.2. The van der Waals surface area contributed by atoms with Crippen LogP contribution in [0, 0.1) is 6.92 Å². The van der Waals surface area contributed by atoms with Gasteiger partial charge in [0.2, 0.25) is 0 Å². The Balaban J connectivity index is 1.71. The molecule has 1 saturated heterocycles. The van der Waals surface area contributed by atoms with Crippen LogP contribution in [0.2, 0.25) is 0 Å². The van der Waals surface area contributed by atoms with Gasteiger partial charge in [0.1, 0.15) is 0 Å². The molecule has 1 aliphatic heterocycles. The molecule has 0 atom stereocenters. The van der Waals surface area contributed by atoms with E-state index in [-0.39, 0.29) is 0 Å². The van der Waals surface area contributed by atoms with Crippen molar-refractivity contribution in [2.75, 3.05) is 59.3 Å². The lowest BCUT2D eigenvalue weighted by atomic mass is 10.4. The lowest BCUT2D eigenvalue weighted by Crippen LogP contribution is -2.24. The van der Waals surface area contributed by atoms with Gasteiger partial charge in [-0.25, -0.2) is 0 Å². The van der Waals surface area contributed by atoms with E-state index in [0.717, 1.165) is 13.2 Å². The number of hydrogen-bond acceptors (Lipinski definition) is 4. The van der Waals surface area contributed by atoms with Gasteiger partial charge in [0.15, 0.2) is 0 Å². The van der Waals surface area contributed by atoms with Gasteiger partial charge >= 0.3 is 0 Å². The largest absolute Gasteiger partial charge is 0.379 e. The molecule has 0 spiro atoms. The third-order valence-corrected chi connectivity index (χ3v) is 2.64. The van der Waals surface area contributed by atoms with Gasteiger partial charge in [-0.15, -0.1) is 0 Å². The second-order valence-corrected chi connectivity index (χ2v) is 3.89. The van der Waals surface area contributed by atoms with Crippen molar-refractivity contribution in [2.45, 2.75) is 12.8 Å². The summed E-state index contributed by atoms with van der Waals surface area (Å²) in [7, 11) is 0. The van der Waals surface area contributed by atoms with Crippen molar-refractivity contribution in [3.05, 3.63) is 6.92 Å². The number of nitrogens with zero attached hydrogens (tertiary/aromatic N) is 1. The summed E-state index contributed by atoms with van der Waals surface area (Å²) in [5.41, 5.74) is 0. The van der Waals surface area contributed by atoms with E-state index in [9.17, 15) is 0 Å². The van der Waals surface area contributed by atoms with Crippen LogP contribution < -0.4 is 0 Å². The van der Waals surface area contributed by atoms with Crippen LogP contribution in [0.5, 0.6) is 0 Å². The fourth-order valence-corrected chi connectivity index (χ4v) is 1.74. The predicted molar refractivity (Wildman–Crippen MR) is 63.5 cm³/mol.